The van der Waals surface area contributed by atoms with Crippen LogP contribution in [0.4, 0.5) is 0 Å². The second kappa shape index (κ2) is 6.41. The van der Waals surface area contributed by atoms with Crippen LogP contribution < -0.4 is 4.72 Å². The van der Waals surface area contributed by atoms with Gasteiger partial charge in [0.2, 0.25) is 10.0 Å². The van der Waals surface area contributed by atoms with Crippen molar-refractivity contribution in [3.63, 3.8) is 0 Å². The van der Waals surface area contributed by atoms with Crippen LogP contribution in [0.25, 0.3) is 0 Å². The Hall–Kier alpha value is -0.540. The summed E-state index contributed by atoms with van der Waals surface area (Å²) in [5.41, 5.74) is 0. The first-order valence-electron chi connectivity index (χ1n) is 4.81. The molecule has 0 aromatic heterocycles. The van der Waals surface area contributed by atoms with Gasteiger partial charge in [0.1, 0.15) is 4.90 Å². The zero-order valence-electron chi connectivity index (χ0n) is 9.13. The van der Waals surface area contributed by atoms with Crippen LogP contribution >= 0.6 is 27.5 Å². The zero-order chi connectivity index (χ0) is 12.9. The molecule has 0 saturated heterocycles. The summed E-state index contributed by atoms with van der Waals surface area (Å²) >= 11 is 9.10. The molecule has 1 rings (SSSR count). The van der Waals surface area contributed by atoms with Crippen molar-refractivity contribution in [3.8, 4) is 11.8 Å². The van der Waals surface area contributed by atoms with Crippen LogP contribution in [0.1, 0.15) is 13.3 Å². The van der Waals surface area contributed by atoms with E-state index >= 15 is 0 Å². The Kier molecular flexibility index (Phi) is 5.47. The molecule has 3 nitrogen and oxygen atoms in total. The number of hydrogen-bond acceptors (Lipinski definition) is 2. The summed E-state index contributed by atoms with van der Waals surface area (Å²) in [5, 5.41) is 0.188. The van der Waals surface area contributed by atoms with Crippen LogP contribution in [0, 0.1) is 11.8 Å². The molecule has 17 heavy (non-hydrogen) atoms. The van der Waals surface area contributed by atoms with Crippen molar-refractivity contribution < 1.29 is 8.42 Å². The topological polar surface area (TPSA) is 46.2 Å². The highest BCUT2D eigenvalue weighted by Gasteiger charge is 2.16. The van der Waals surface area contributed by atoms with Crippen LogP contribution in [0.2, 0.25) is 5.02 Å². The molecule has 0 saturated carbocycles. The van der Waals surface area contributed by atoms with Crippen molar-refractivity contribution >= 4 is 37.6 Å². The fourth-order valence-corrected chi connectivity index (χ4v) is 3.21. The van der Waals surface area contributed by atoms with Gasteiger partial charge < -0.3 is 0 Å². The van der Waals surface area contributed by atoms with E-state index in [-0.39, 0.29) is 16.5 Å². The van der Waals surface area contributed by atoms with E-state index in [9.17, 15) is 8.42 Å². The number of sulfonamides is 1. The average Bonchev–Trinajstić information content (AvgIpc) is 2.24. The third kappa shape index (κ3) is 4.32. The lowest BCUT2D eigenvalue weighted by molar-refractivity contribution is 0.582. The molecule has 92 valence electrons. The summed E-state index contributed by atoms with van der Waals surface area (Å²) in [6.07, 6.45) is 0.476. The normalized spacial score (nSPS) is 10.8. The summed E-state index contributed by atoms with van der Waals surface area (Å²) in [4.78, 5) is 0.0758. The van der Waals surface area contributed by atoms with Gasteiger partial charge in [-0.25, -0.2) is 13.1 Å². The Balaban J connectivity index is 2.85. The van der Waals surface area contributed by atoms with E-state index in [2.05, 4.69) is 32.5 Å². The van der Waals surface area contributed by atoms with Gasteiger partial charge >= 0.3 is 0 Å². The molecular weight excluding hydrogens is 326 g/mol. The molecule has 0 radical (unpaired) electrons. The summed E-state index contributed by atoms with van der Waals surface area (Å²) in [5.74, 6) is 5.47. The van der Waals surface area contributed by atoms with Gasteiger partial charge in [-0.3, -0.25) is 0 Å². The van der Waals surface area contributed by atoms with E-state index in [0.717, 1.165) is 4.47 Å². The predicted octanol–water partition coefficient (Wildman–Crippen LogP) is 2.79. The fourth-order valence-electron chi connectivity index (χ4n) is 1.14. The van der Waals surface area contributed by atoms with Gasteiger partial charge in [0.25, 0.3) is 0 Å². The highest BCUT2D eigenvalue weighted by atomic mass is 79.9. The Labute approximate surface area is 115 Å². The molecule has 0 aliphatic carbocycles. The number of rotatable bonds is 4. The first-order valence-corrected chi connectivity index (χ1v) is 7.47. The minimum atomic E-state index is -3.56. The van der Waals surface area contributed by atoms with E-state index in [4.69, 9.17) is 11.6 Å². The van der Waals surface area contributed by atoms with Gasteiger partial charge in [0.05, 0.1) is 5.02 Å². The van der Waals surface area contributed by atoms with Gasteiger partial charge in [-0.05, 0) is 25.1 Å². The lowest BCUT2D eigenvalue weighted by Gasteiger charge is -2.07. The largest absolute Gasteiger partial charge is 0.242 e. The first-order chi connectivity index (χ1) is 7.97. The van der Waals surface area contributed by atoms with Crippen molar-refractivity contribution in [2.24, 2.45) is 0 Å². The number of benzene rings is 1. The highest BCUT2D eigenvalue weighted by molar-refractivity contribution is 9.10. The van der Waals surface area contributed by atoms with Gasteiger partial charge in [0, 0.05) is 17.4 Å². The van der Waals surface area contributed by atoms with Crippen molar-refractivity contribution in [1.82, 2.24) is 4.72 Å². The Morgan fingerprint density at radius 2 is 2.18 bits per heavy atom. The van der Waals surface area contributed by atoms with Crippen LogP contribution in [0.5, 0.6) is 0 Å². The SMILES string of the molecule is CC#CCCNS(=O)(=O)c1ccc(Br)cc1Cl. The molecule has 0 aliphatic heterocycles. The summed E-state index contributed by atoms with van der Waals surface area (Å²) < 4.78 is 26.9. The number of halogens is 2. The average molecular weight is 337 g/mol. The molecule has 0 heterocycles. The summed E-state index contributed by atoms with van der Waals surface area (Å²) in [6.45, 7) is 1.98. The van der Waals surface area contributed by atoms with E-state index in [1.165, 1.54) is 6.07 Å². The van der Waals surface area contributed by atoms with Gasteiger partial charge in [-0.1, -0.05) is 27.5 Å². The van der Waals surface area contributed by atoms with E-state index in [1.54, 1.807) is 19.1 Å². The minimum absolute atomic E-state index is 0.0758. The monoisotopic (exact) mass is 335 g/mol. The quantitative estimate of drug-likeness (QED) is 0.679. The predicted molar refractivity (Wildman–Crippen MR) is 72.4 cm³/mol. The first kappa shape index (κ1) is 14.5. The van der Waals surface area contributed by atoms with Crippen molar-refractivity contribution in [1.29, 1.82) is 0 Å². The van der Waals surface area contributed by atoms with Gasteiger partial charge in [-0.2, -0.15) is 0 Å². The minimum Gasteiger partial charge on any atom is -0.210 e. The van der Waals surface area contributed by atoms with Crippen molar-refractivity contribution in [2.75, 3.05) is 6.54 Å². The Bertz CT molecular complexity index is 561. The number of nitrogens with one attached hydrogen (secondary N) is 1. The molecule has 0 bridgehead atoms. The maximum atomic E-state index is 11.9. The summed E-state index contributed by atoms with van der Waals surface area (Å²) in [6, 6.07) is 4.63. The second-order valence-corrected chi connectivity index (χ2v) is 6.21. The lowest BCUT2D eigenvalue weighted by Crippen LogP contribution is -2.24. The molecule has 6 heteroatoms. The summed E-state index contributed by atoms with van der Waals surface area (Å²) in [7, 11) is -3.56. The molecule has 1 N–H and O–H groups in total. The van der Waals surface area contributed by atoms with E-state index in [0.29, 0.717) is 6.42 Å². The van der Waals surface area contributed by atoms with Crippen LogP contribution in [0.15, 0.2) is 27.6 Å². The zero-order valence-corrected chi connectivity index (χ0v) is 12.3. The molecule has 0 atom stereocenters. The Morgan fingerprint density at radius 3 is 2.76 bits per heavy atom. The van der Waals surface area contributed by atoms with Crippen molar-refractivity contribution in [2.45, 2.75) is 18.2 Å². The van der Waals surface area contributed by atoms with Crippen molar-refractivity contribution in [3.05, 3.63) is 27.7 Å². The van der Waals surface area contributed by atoms with E-state index in [1.807, 2.05) is 0 Å². The molecule has 1 aromatic carbocycles. The highest BCUT2D eigenvalue weighted by Crippen LogP contribution is 2.24. The molecule has 0 unspecified atom stereocenters. The molecule has 1 aromatic rings. The maximum Gasteiger partial charge on any atom is 0.242 e. The second-order valence-electron chi connectivity index (χ2n) is 3.15. The molecular formula is C11H11BrClNO2S. The standard InChI is InChI=1S/C11H11BrClNO2S/c1-2-3-4-7-14-17(15,16)11-6-5-9(12)8-10(11)13/h5-6,8,14H,4,7H2,1H3. The van der Waals surface area contributed by atoms with E-state index < -0.39 is 10.0 Å². The lowest BCUT2D eigenvalue weighted by atomic mass is 10.4. The number of hydrogen-bond donors (Lipinski definition) is 1. The Morgan fingerprint density at radius 1 is 1.47 bits per heavy atom. The molecule has 0 aliphatic rings. The van der Waals surface area contributed by atoms with Gasteiger partial charge in [0.15, 0.2) is 0 Å². The molecule has 0 fully saturated rings. The van der Waals surface area contributed by atoms with Crippen LogP contribution in [0.3, 0.4) is 0 Å². The third-order valence-corrected chi connectivity index (χ3v) is 4.34. The van der Waals surface area contributed by atoms with Crippen LogP contribution in [-0.2, 0) is 10.0 Å². The molecule has 0 amide bonds. The van der Waals surface area contributed by atoms with Gasteiger partial charge in [-0.15, -0.1) is 11.8 Å². The fraction of sp³-hybridized carbons (Fsp3) is 0.273. The molecule has 0 spiro atoms. The smallest absolute Gasteiger partial charge is 0.210 e. The maximum absolute atomic E-state index is 11.9. The van der Waals surface area contributed by atoms with Crippen LogP contribution in [-0.4, -0.2) is 15.0 Å². The third-order valence-electron chi connectivity index (χ3n) is 1.90.